The molecule has 0 aromatic heterocycles. The van der Waals surface area contributed by atoms with Gasteiger partial charge in [0.15, 0.2) is 0 Å². The molecule has 4 heteroatoms. The molecule has 0 saturated carbocycles. The number of nitrogens with two attached hydrogens (primary N) is 1. The van der Waals surface area contributed by atoms with Crippen molar-refractivity contribution in [3.63, 3.8) is 0 Å². The first kappa shape index (κ1) is 13.9. The molecule has 0 aromatic carbocycles. The van der Waals surface area contributed by atoms with Gasteiger partial charge >= 0.3 is 0 Å². The molecule has 0 aliphatic carbocycles. The van der Waals surface area contributed by atoms with Crippen LogP contribution in [0.4, 0.5) is 0 Å². The van der Waals surface area contributed by atoms with Crippen LogP contribution in [0.15, 0.2) is 0 Å². The highest BCUT2D eigenvalue weighted by Crippen LogP contribution is 2.19. The maximum absolute atomic E-state index is 5.83. The molecule has 1 aliphatic heterocycles. The van der Waals surface area contributed by atoms with E-state index in [2.05, 4.69) is 30.9 Å². The summed E-state index contributed by atoms with van der Waals surface area (Å²) in [6.45, 7) is 4.01. The van der Waals surface area contributed by atoms with Crippen LogP contribution in [0.2, 0.25) is 0 Å². The lowest BCUT2D eigenvalue weighted by Gasteiger charge is -2.22. The van der Waals surface area contributed by atoms with Gasteiger partial charge in [0.25, 0.3) is 0 Å². The number of hydrogen-bond acceptors (Lipinski definition) is 4. The van der Waals surface area contributed by atoms with Gasteiger partial charge < -0.3 is 20.3 Å². The Morgan fingerprint density at radius 1 is 1.12 bits per heavy atom. The van der Waals surface area contributed by atoms with Gasteiger partial charge in [-0.3, -0.25) is 0 Å². The van der Waals surface area contributed by atoms with E-state index in [1.807, 2.05) is 0 Å². The summed E-state index contributed by atoms with van der Waals surface area (Å²) in [6.07, 6.45) is 4.22. The molecule has 1 heterocycles. The molecule has 96 valence electrons. The Balaban J connectivity index is 2.08. The number of hydrogen-bond donors (Lipinski definition) is 1. The van der Waals surface area contributed by atoms with Crippen LogP contribution in [0, 0.1) is 0 Å². The maximum atomic E-state index is 5.83. The summed E-state index contributed by atoms with van der Waals surface area (Å²) in [5, 5.41) is 0. The largest absolute Gasteiger partial charge is 0.372 e. The number of nitrogens with zero attached hydrogens (tertiary/aromatic N) is 2. The van der Waals surface area contributed by atoms with Crippen molar-refractivity contribution in [3.05, 3.63) is 0 Å². The van der Waals surface area contributed by atoms with Gasteiger partial charge in [0.1, 0.15) is 0 Å². The third-order valence-corrected chi connectivity index (χ3v) is 3.12. The molecular formula is C12H27N3O. The minimum atomic E-state index is 0.306. The molecule has 4 nitrogen and oxygen atoms in total. The lowest BCUT2D eigenvalue weighted by atomic mass is 10.2. The van der Waals surface area contributed by atoms with E-state index in [0.29, 0.717) is 18.8 Å². The van der Waals surface area contributed by atoms with Gasteiger partial charge in [-0.2, -0.15) is 0 Å². The number of likely N-dealkylation sites (N-methyl/N-ethyl adjacent to an activating group) is 1. The highest BCUT2D eigenvalue weighted by molar-refractivity contribution is 4.76. The fraction of sp³-hybridized carbons (Fsp3) is 1.00. The fourth-order valence-electron chi connectivity index (χ4n) is 2.18. The molecule has 0 amide bonds. The molecule has 0 spiro atoms. The molecule has 16 heavy (non-hydrogen) atoms. The standard InChI is InChI=1S/C12H27N3O/c1-14(2)7-4-8-15(3)10-12-6-5-11(9-13)16-12/h11-12H,4-10,13H2,1-3H3. The lowest BCUT2D eigenvalue weighted by molar-refractivity contribution is 0.0315. The summed E-state index contributed by atoms with van der Waals surface area (Å²) >= 11 is 0. The molecule has 0 radical (unpaired) electrons. The Morgan fingerprint density at radius 2 is 1.81 bits per heavy atom. The van der Waals surface area contributed by atoms with Gasteiger partial charge in [0, 0.05) is 13.1 Å². The summed E-state index contributed by atoms with van der Waals surface area (Å²) in [4.78, 5) is 4.59. The van der Waals surface area contributed by atoms with Crippen LogP contribution < -0.4 is 5.73 Å². The predicted octanol–water partition coefficient (Wildman–Crippen LogP) is 0.376. The summed E-state index contributed by atoms with van der Waals surface area (Å²) in [5.41, 5.74) is 5.60. The van der Waals surface area contributed by atoms with Crippen LogP contribution in [-0.2, 0) is 4.74 Å². The number of rotatable bonds is 7. The molecule has 1 saturated heterocycles. The summed E-state index contributed by atoms with van der Waals surface area (Å²) in [5.74, 6) is 0. The SMILES string of the molecule is CN(C)CCCN(C)CC1CCC(CN)O1. The first-order chi connectivity index (χ1) is 7.61. The van der Waals surface area contributed by atoms with E-state index in [4.69, 9.17) is 10.5 Å². The first-order valence-electron chi connectivity index (χ1n) is 6.30. The van der Waals surface area contributed by atoms with Gasteiger partial charge in [-0.05, 0) is 53.5 Å². The van der Waals surface area contributed by atoms with E-state index in [9.17, 15) is 0 Å². The fourth-order valence-corrected chi connectivity index (χ4v) is 2.18. The molecule has 0 bridgehead atoms. The minimum absolute atomic E-state index is 0.306. The van der Waals surface area contributed by atoms with Crippen molar-refractivity contribution in [2.75, 3.05) is 47.3 Å². The van der Waals surface area contributed by atoms with Crippen molar-refractivity contribution >= 4 is 0 Å². The Labute approximate surface area is 99.7 Å². The Hall–Kier alpha value is -0.160. The molecule has 1 fully saturated rings. The van der Waals surface area contributed by atoms with Crippen molar-refractivity contribution in [2.24, 2.45) is 5.73 Å². The Morgan fingerprint density at radius 3 is 2.38 bits per heavy atom. The zero-order valence-electron chi connectivity index (χ0n) is 11.0. The van der Waals surface area contributed by atoms with Gasteiger partial charge in [0.05, 0.1) is 12.2 Å². The van der Waals surface area contributed by atoms with Crippen LogP contribution >= 0.6 is 0 Å². The van der Waals surface area contributed by atoms with Crippen molar-refractivity contribution in [1.29, 1.82) is 0 Å². The van der Waals surface area contributed by atoms with E-state index < -0.39 is 0 Å². The molecular weight excluding hydrogens is 202 g/mol. The second-order valence-corrected chi connectivity index (χ2v) is 5.11. The van der Waals surface area contributed by atoms with Gasteiger partial charge in [-0.15, -0.1) is 0 Å². The molecule has 2 unspecified atom stereocenters. The van der Waals surface area contributed by atoms with Crippen molar-refractivity contribution in [3.8, 4) is 0 Å². The van der Waals surface area contributed by atoms with Crippen LogP contribution in [0.5, 0.6) is 0 Å². The summed E-state index contributed by atoms with van der Waals surface area (Å²) in [6, 6.07) is 0. The highest BCUT2D eigenvalue weighted by Gasteiger charge is 2.24. The van der Waals surface area contributed by atoms with Crippen LogP contribution in [0.3, 0.4) is 0 Å². The topological polar surface area (TPSA) is 41.7 Å². The first-order valence-corrected chi connectivity index (χ1v) is 6.30. The average molecular weight is 229 g/mol. The molecule has 1 aliphatic rings. The predicted molar refractivity (Wildman–Crippen MR) is 67.6 cm³/mol. The Kier molecular flexibility index (Phi) is 6.28. The van der Waals surface area contributed by atoms with Gasteiger partial charge in [0.2, 0.25) is 0 Å². The van der Waals surface area contributed by atoms with E-state index in [1.165, 1.54) is 12.8 Å². The Bertz CT molecular complexity index is 187. The van der Waals surface area contributed by atoms with Gasteiger partial charge in [-0.1, -0.05) is 0 Å². The monoisotopic (exact) mass is 229 g/mol. The van der Waals surface area contributed by atoms with Crippen molar-refractivity contribution in [2.45, 2.75) is 31.5 Å². The quantitative estimate of drug-likeness (QED) is 0.685. The third-order valence-electron chi connectivity index (χ3n) is 3.12. The second kappa shape index (κ2) is 7.22. The van der Waals surface area contributed by atoms with Crippen LogP contribution in [0.25, 0.3) is 0 Å². The third kappa shape index (κ3) is 5.25. The van der Waals surface area contributed by atoms with Crippen molar-refractivity contribution in [1.82, 2.24) is 9.80 Å². The smallest absolute Gasteiger partial charge is 0.0707 e. The number of ether oxygens (including phenoxy) is 1. The molecule has 2 atom stereocenters. The second-order valence-electron chi connectivity index (χ2n) is 5.11. The van der Waals surface area contributed by atoms with Crippen molar-refractivity contribution < 1.29 is 4.74 Å². The molecule has 0 aromatic rings. The van der Waals surface area contributed by atoms with E-state index in [1.54, 1.807) is 0 Å². The normalized spacial score (nSPS) is 25.9. The summed E-state index contributed by atoms with van der Waals surface area (Å²) < 4.78 is 5.83. The van der Waals surface area contributed by atoms with Crippen LogP contribution in [0.1, 0.15) is 19.3 Å². The van der Waals surface area contributed by atoms with E-state index >= 15 is 0 Å². The van der Waals surface area contributed by atoms with E-state index in [0.717, 1.165) is 26.1 Å². The summed E-state index contributed by atoms with van der Waals surface area (Å²) in [7, 11) is 6.41. The van der Waals surface area contributed by atoms with E-state index in [-0.39, 0.29) is 0 Å². The molecule has 1 rings (SSSR count). The average Bonchev–Trinajstić information content (AvgIpc) is 2.65. The highest BCUT2D eigenvalue weighted by atomic mass is 16.5. The molecule has 2 N–H and O–H groups in total. The van der Waals surface area contributed by atoms with Crippen LogP contribution in [-0.4, -0.2) is 69.3 Å². The minimum Gasteiger partial charge on any atom is -0.372 e. The maximum Gasteiger partial charge on any atom is 0.0707 e. The zero-order valence-corrected chi connectivity index (χ0v) is 11.0. The van der Waals surface area contributed by atoms with Gasteiger partial charge in [-0.25, -0.2) is 0 Å². The lowest BCUT2D eigenvalue weighted by Crippen LogP contribution is -2.32. The zero-order chi connectivity index (χ0) is 12.0.